The lowest BCUT2D eigenvalue weighted by Gasteiger charge is -2.28. The highest BCUT2D eigenvalue weighted by Gasteiger charge is 2.26. The van der Waals surface area contributed by atoms with E-state index in [0.717, 1.165) is 11.4 Å². The molecule has 0 spiro atoms. The zero-order chi connectivity index (χ0) is 9.90. The molecule has 1 N–H and O–H groups in total. The van der Waals surface area contributed by atoms with E-state index in [1.165, 1.54) is 0 Å². The third kappa shape index (κ3) is 2.78. The van der Waals surface area contributed by atoms with Crippen LogP contribution in [0.5, 0.6) is 0 Å². The molecule has 0 saturated heterocycles. The number of thiazole rings is 1. The molecular weight excluding hydrogens is 182 g/mol. The lowest BCUT2D eigenvalue weighted by Crippen LogP contribution is -2.30. The highest BCUT2D eigenvalue weighted by molar-refractivity contribution is 7.09. The summed E-state index contributed by atoms with van der Waals surface area (Å²) in [6, 6.07) is 0. The SMILES string of the molecule is CCC(C)(C)C(O)Cc1nccs1. The zero-order valence-corrected chi connectivity index (χ0v) is 9.27. The van der Waals surface area contributed by atoms with Crippen LogP contribution in [0.1, 0.15) is 32.2 Å². The van der Waals surface area contributed by atoms with Gasteiger partial charge in [-0.1, -0.05) is 20.8 Å². The van der Waals surface area contributed by atoms with E-state index in [9.17, 15) is 5.11 Å². The fourth-order valence-corrected chi connectivity index (χ4v) is 1.69. The zero-order valence-electron chi connectivity index (χ0n) is 8.45. The van der Waals surface area contributed by atoms with Crippen LogP contribution in [0.3, 0.4) is 0 Å². The average Bonchev–Trinajstić information content (AvgIpc) is 2.57. The van der Waals surface area contributed by atoms with Gasteiger partial charge in [0.1, 0.15) is 0 Å². The normalized spacial score (nSPS) is 14.5. The Morgan fingerprint density at radius 3 is 2.77 bits per heavy atom. The van der Waals surface area contributed by atoms with Gasteiger partial charge in [0.05, 0.1) is 11.1 Å². The van der Waals surface area contributed by atoms with E-state index in [2.05, 4.69) is 25.8 Å². The lowest BCUT2D eigenvalue weighted by molar-refractivity contribution is 0.0479. The fourth-order valence-electron chi connectivity index (χ4n) is 1.03. The van der Waals surface area contributed by atoms with Crippen LogP contribution in [0.15, 0.2) is 11.6 Å². The quantitative estimate of drug-likeness (QED) is 0.808. The molecule has 1 unspecified atom stereocenters. The smallest absolute Gasteiger partial charge is 0.0950 e. The Hall–Kier alpha value is -0.410. The highest BCUT2D eigenvalue weighted by Crippen LogP contribution is 2.27. The molecule has 0 aromatic carbocycles. The molecule has 1 atom stereocenters. The monoisotopic (exact) mass is 199 g/mol. The molecule has 0 amide bonds. The Balaban J connectivity index is 2.55. The van der Waals surface area contributed by atoms with Crippen molar-refractivity contribution in [1.82, 2.24) is 4.98 Å². The van der Waals surface area contributed by atoms with Crippen LogP contribution < -0.4 is 0 Å². The molecule has 13 heavy (non-hydrogen) atoms. The van der Waals surface area contributed by atoms with Crippen LogP contribution in [0.4, 0.5) is 0 Å². The van der Waals surface area contributed by atoms with E-state index in [4.69, 9.17) is 0 Å². The number of aliphatic hydroxyl groups is 1. The summed E-state index contributed by atoms with van der Waals surface area (Å²) >= 11 is 1.61. The van der Waals surface area contributed by atoms with Gasteiger partial charge in [0.2, 0.25) is 0 Å². The van der Waals surface area contributed by atoms with Gasteiger partial charge in [0.15, 0.2) is 0 Å². The average molecular weight is 199 g/mol. The Morgan fingerprint density at radius 2 is 2.31 bits per heavy atom. The second-order valence-corrected chi connectivity index (χ2v) is 4.97. The summed E-state index contributed by atoms with van der Waals surface area (Å²) in [5.41, 5.74) is -0.00826. The van der Waals surface area contributed by atoms with E-state index >= 15 is 0 Å². The second kappa shape index (κ2) is 4.20. The van der Waals surface area contributed by atoms with Gasteiger partial charge >= 0.3 is 0 Å². The lowest BCUT2D eigenvalue weighted by atomic mass is 9.82. The molecule has 1 aromatic heterocycles. The standard InChI is InChI=1S/C10H17NOS/c1-4-10(2,3)8(12)7-9-11-5-6-13-9/h5-6,8,12H,4,7H2,1-3H3. The summed E-state index contributed by atoms with van der Waals surface area (Å²) < 4.78 is 0. The topological polar surface area (TPSA) is 33.1 Å². The minimum atomic E-state index is -0.288. The maximum Gasteiger partial charge on any atom is 0.0950 e. The number of aliphatic hydroxyl groups excluding tert-OH is 1. The number of aromatic nitrogens is 1. The third-order valence-electron chi connectivity index (χ3n) is 2.66. The molecule has 1 aromatic rings. The van der Waals surface area contributed by atoms with Crippen molar-refractivity contribution in [3.05, 3.63) is 16.6 Å². The van der Waals surface area contributed by atoms with Gasteiger partial charge < -0.3 is 5.11 Å². The van der Waals surface area contributed by atoms with Crippen molar-refractivity contribution in [3.8, 4) is 0 Å². The summed E-state index contributed by atoms with van der Waals surface area (Å²) in [4.78, 5) is 4.16. The first kappa shape index (κ1) is 10.7. The van der Waals surface area contributed by atoms with Crippen LogP contribution in [-0.2, 0) is 6.42 Å². The Morgan fingerprint density at radius 1 is 1.62 bits per heavy atom. The second-order valence-electron chi connectivity index (χ2n) is 3.99. The third-order valence-corrected chi connectivity index (χ3v) is 3.47. The molecule has 0 aliphatic carbocycles. The Kier molecular flexibility index (Phi) is 3.45. The van der Waals surface area contributed by atoms with E-state index in [-0.39, 0.29) is 11.5 Å². The van der Waals surface area contributed by atoms with Crippen molar-refractivity contribution in [3.63, 3.8) is 0 Å². The molecule has 0 radical (unpaired) electrons. The molecule has 0 saturated carbocycles. The fraction of sp³-hybridized carbons (Fsp3) is 0.700. The minimum absolute atomic E-state index is 0.00826. The van der Waals surface area contributed by atoms with Gasteiger partial charge in [0, 0.05) is 18.0 Å². The highest BCUT2D eigenvalue weighted by atomic mass is 32.1. The van der Waals surface area contributed by atoms with Gasteiger partial charge in [-0.05, 0) is 11.8 Å². The summed E-state index contributed by atoms with van der Waals surface area (Å²) in [6.45, 7) is 6.28. The first-order valence-electron chi connectivity index (χ1n) is 4.62. The van der Waals surface area contributed by atoms with Gasteiger partial charge in [0.25, 0.3) is 0 Å². The Labute approximate surface area is 83.6 Å². The summed E-state index contributed by atoms with van der Waals surface area (Å²) in [5, 5.41) is 12.9. The predicted octanol–water partition coefficient (Wildman–Crippen LogP) is 2.48. The molecule has 1 heterocycles. The Bertz CT molecular complexity index is 243. The summed E-state index contributed by atoms with van der Waals surface area (Å²) in [5.74, 6) is 0. The van der Waals surface area contributed by atoms with Crippen LogP contribution in [0.2, 0.25) is 0 Å². The first-order valence-corrected chi connectivity index (χ1v) is 5.50. The number of hydrogen-bond donors (Lipinski definition) is 1. The number of hydrogen-bond acceptors (Lipinski definition) is 3. The number of nitrogens with zero attached hydrogens (tertiary/aromatic N) is 1. The van der Waals surface area contributed by atoms with Crippen molar-refractivity contribution in [1.29, 1.82) is 0 Å². The number of rotatable bonds is 4. The molecule has 0 aliphatic heterocycles. The van der Waals surface area contributed by atoms with Crippen molar-refractivity contribution < 1.29 is 5.11 Å². The molecular formula is C10H17NOS. The van der Waals surface area contributed by atoms with E-state index in [1.807, 2.05) is 5.38 Å². The van der Waals surface area contributed by atoms with Crippen molar-refractivity contribution in [2.75, 3.05) is 0 Å². The molecule has 74 valence electrons. The van der Waals surface area contributed by atoms with E-state index in [0.29, 0.717) is 6.42 Å². The van der Waals surface area contributed by atoms with Crippen LogP contribution in [0, 0.1) is 5.41 Å². The van der Waals surface area contributed by atoms with Crippen LogP contribution in [0.25, 0.3) is 0 Å². The van der Waals surface area contributed by atoms with Crippen molar-refractivity contribution in [2.24, 2.45) is 5.41 Å². The maximum absolute atomic E-state index is 9.92. The van der Waals surface area contributed by atoms with Crippen LogP contribution >= 0.6 is 11.3 Å². The maximum atomic E-state index is 9.92. The molecule has 1 rings (SSSR count). The predicted molar refractivity (Wildman–Crippen MR) is 55.9 cm³/mol. The summed E-state index contributed by atoms with van der Waals surface area (Å²) in [7, 11) is 0. The van der Waals surface area contributed by atoms with E-state index < -0.39 is 0 Å². The van der Waals surface area contributed by atoms with Gasteiger partial charge in [-0.25, -0.2) is 4.98 Å². The van der Waals surface area contributed by atoms with Crippen LogP contribution in [-0.4, -0.2) is 16.2 Å². The van der Waals surface area contributed by atoms with Crippen molar-refractivity contribution in [2.45, 2.75) is 39.7 Å². The van der Waals surface area contributed by atoms with Gasteiger partial charge in [-0.2, -0.15) is 0 Å². The van der Waals surface area contributed by atoms with Crippen molar-refractivity contribution >= 4 is 11.3 Å². The molecule has 2 nitrogen and oxygen atoms in total. The first-order chi connectivity index (χ1) is 6.06. The minimum Gasteiger partial charge on any atom is -0.392 e. The molecule has 0 fully saturated rings. The summed E-state index contributed by atoms with van der Waals surface area (Å²) in [6.07, 6.45) is 3.16. The van der Waals surface area contributed by atoms with E-state index in [1.54, 1.807) is 17.5 Å². The largest absolute Gasteiger partial charge is 0.392 e. The molecule has 3 heteroatoms. The van der Waals surface area contributed by atoms with Gasteiger partial charge in [-0.15, -0.1) is 11.3 Å². The molecule has 0 aliphatic rings. The van der Waals surface area contributed by atoms with Gasteiger partial charge in [-0.3, -0.25) is 0 Å². The molecule has 0 bridgehead atoms.